The van der Waals surface area contributed by atoms with Crippen molar-refractivity contribution in [2.75, 3.05) is 11.9 Å². The predicted octanol–water partition coefficient (Wildman–Crippen LogP) is 2.39. The first-order chi connectivity index (χ1) is 13.9. The Kier molecular flexibility index (Phi) is 5.69. The van der Waals surface area contributed by atoms with Crippen molar-refractivity contribution in [3.05, 3.63) is 69.6 Å². The third-order valence-electron chi connectivity index (χ3n) is 4.32. The molecule has 0 saturated carbocycles. The topological polar surface area (TPSA) is 114 Å². The number of nitrogens with zero attached hydrogens (tertiary/aromatic N) is 3. The van der Waals surface area contributed by atoms with Gasteiger partial charge in [-0.15, -0.1) is 0 Å². The number of carbonyl (C=O) groups is 2. The summed E-state index contributed by atoms with van der Waals surface area (Å²) >= 11 is 0. The summed E-state index contributed by atoms with van der Waals surface area (Å²) in [6.07, 6.45) is 0. The van der Waals surface area contributed by atoms with E-state index in [0.29, 0.717) is 34.5 Å². The monoisotopic (exact) mass is 390 g/mol. The Hall–Kier alpha value is -3.99. The fourth-order valence-corrected chi connectivity index (χ4v) is 2.91. The molecule has 1 N–H and O–H groups in total. The minimum atomic E-state index is -0.690. The van der Waals surface area contributed by atoms with E-state index in [1.165, 1.54) is 12.1 Å². The lowest BCUT2D eigenvalue weighted by atomic mass is 10.2. The summed E-state index contributed by atoms with van der Waals surface area (Å²) in [6, 6.07) is 13.2. The van der Waals surface area contributed by atoms with Crippen molar-refractivity contribution in [2.24, 2.45) is 0 Å². The number of ether oxygens (including phenoxy) is 1. The largest absolute Gasteiger partial charge is 0.452 e. The van der Waals surface area contributed by atoms with E-state index >= 15 is 0 Å². The molecular formula is C21H18N4O4. The van der Waals surface area contributed by atoms with Crippen LogP contribution in [0.3, 0.4) is 0 Å². The van der Waals surface area contributed by atoms with Crippen LogP contribution < -0.4 is 10.9 Å². The van der Waals surface area contributed by atoms with Gasteiger partial charge in [0.2, 0.25) is 0 Å². The van der Waals surface area contributed by atoms with Gasteiger partial charge in [-0.1, -0.05) is 12.1 Å². The molecule has 1 amide bonds. The highest BCUT2D eigenvalue weighted by Crippen LogP contribution is 2.15. The van der Waals surface area contributed by atoms with Gasteiger partial charge in [-0.3, -0.25) is 9.59 Å². The number of anilines is 1. The van der Waals surface area contributed by atoms with Crippen LogP contribution in [0.4, 0.5) is 5.69 Å². The fraction of sp³-hybridized carbons (Fsp3) is 0.190. The second kappa shape index (κ2) is 8.35. The van der Waals surface area contributed by atoms with Crippen molar-refractivity contribution >= 4 is 28.6 Å². The lowest BCUT2D eigenvalue weighted by molar-refractivity contribution is -0.119. The average molecular weight is 390 g/mol. The van der Waals surface area contributed by atoms with Crippen LogP contribution >= 0.6 is 0 Å². The molecule has 0 bridgehead atoms. The molecule has 0 aliphatic rings. The molecule has 0 atom stereocenters. The number of aromatic nitrogens is 2. The lowest BCUT2D eigenvalue weighted by Crippen LogP contribution is -2.23. The summed E-state index contributed by atoms with van der Waals surface area (Å²) in [4.78, 5) is 40.8. The minimum Gasteiger partial charge on any atom is -0.452 e. The summed E-state index contributed by atoms with van der Waals surface area (Å²) in [7, 11) is 0. The maximum Gasteiger partial charge on any atom is 0.338 e. The second-order valence-corrected chi connectivity index (χ2v) is 6.23. The zero-order valence-corrected chi connectivity index (χ0v) is 15.9. The van der Waals surface area contributed by atoms with Crippen molar-refractivity contribution in [1.82, 2.24) is 9.55 Å². The number of nitrogens with one attached hydrogen (secondary N) is 1. The molecule has 0 radical (unpaired) electrons. The van der Waals surface area contributed by atoms with Crippen LogP contribution in [0.1, 0.15) is 28.5 Å². The van der Waals surface area contributed by atoms with Gasteiger partial charge in [-0.2, -0.15) is 5.26 Å². The number of hydrogen-bond acceptors (Lipinski definition) is 6. The SMILES string of the molecule is CCn1c(=O)c(C)nc2cc(C(=O)OCC(=O)Nc3ccccc3C#N)ccc21. The molecule has 3 rings (SSSR count). The van der Waals surface area contributed by atoms with Crippen LogP contribution in [0.25, 0.3) is 11.0 Å². The standard InChI is InChI=1S/C21H18N4O4/c1-3-25-18-9-8-14(10-17(18)23-13(2)20(25)27)21(28)29-12-19(26)24-16-7-5-4-6-15(16)11-22/h4-10H,3,12H2,1-2H3,(H,24,26). The van der Waals surface area contributed by atoms with Gasteiger partial charge in [-0.05, 0) is 44.2 Å². The smallest absolute Gasteiger partial charge is 0.338 e. The maximum atomic E-state index is 12.3. The van der Waals surface area contributed by atoms with Crippen LogP contribution in [0.5, 0.6) is 0 Å². The van der Waals surface area contributed by atoms with Crippen molar-refractivity contribution in [3.8, 4) is 6.07 Å². The molecule has 0 fully saturated rings. The Morgan fingerprint density at radius 1 is 1.24 bits per heavy atom. The highest BCUT2D eigenvalue weighted by Gasteiger charge is 2.14. The Morgan fingerprint density at radius 2 is 2.00 bits per heavy atom. The Bertz CT molecular complexity index is 1210. The first-order valence-corrected chi connectivity index (χ1v) is 8.92. The molecule has 0 aliphatic carbocycles. The van der Waals surface area contributed by atoms with E-state index in [1.54, 1.807) is 41.8 Å². The molecule has 1 aromatic heterocycles. The highest BCUT2D eigenvalue weighted by molar-refractivity contribution is 5.97. The number of carbonyl (C=O) groups excluding carboxylic acids is 2. The summed E-state index contributed by atoms with van der Waals surface area (Å²) in [5, 5.41) is 11.6. The van der Waals surface area contributed by atoms with Gasteiger partial charge in [0.05, 0.1) is 27.8 Å². The number of amides is 1. The normalized spacial score (nSPS) is 10.4. The van der Waals surface area contributed by atoms with Gasteiger partial charge < -0.3 is 14.6 Å². The van der Waals surface area contributed by atoms with Crippen LogP contribution in [0.15, 0.2) is 47.3 Å². The molecule has 2 aromatic carbocycles. The summed E-state index contributed by atoms with van der Waals surface area (Å²) < 4.78 is 6.64. The molecule has 8 heteroatoms. The number of benzene rings is 2. The summed E-state index contributed by atoms with van der Waals surface area (Å²) in [5.41, 5.74) is 2.14. The minimum absolute atomic E-state index is 0.176. The van der Waals surface area contributed by atoms with Gasteiger partial charge in [0, 0.05) is 6.54 Å². The first kappa shape index (κ1) is 19.8. The molecule has 1 heterocycles. The van der Waals surface area contributed by atoms with Crippen molar-refractivity contribution < 1.29 is 14.3 Å². The second-order valence-electron chi connectivity index (χ2n) is 6.23. The fourth-order valence-electron chi connectivity index (χ4n) is 2.91. The van der Waals surface area contributed by atoms with E-state index in [-0.39, 0.29) is 11.1 Å². The molecular weight excluding hydrogens is 372 g/mol. The van der Waals surface area contributed by atoms with E-state index in [2.05, 4.69) is 10.3 Å². The summed E-state index contributed by atoms with van der Waals surface area (Å²) in [5.74, 6) is -1.25. The van der Waals surface area contributed by atoms with Crippen LogP contribution in [-0.2, 0) is 16.1 Å². The van der Waals surface area contributed by atoms with E-state index in [0.717, 1.165) is 0 Å². The highest BCUT2D eigenvalue weighted by atomic mass is 16.5. The van der Waals surface area contributed by atoms with E-state index in [9.17, 15) is 14.4 Å². The van der Waals surface area contributed by atoms with Crippen molar-refractivity contribution in [1.29, 1.82) is 5.26 Å². The molecule has 0 unspecified atom stereocenters. The zero-order valence-electron chi connectivity index (χ0n) is 15.9. The number of hydrogen-bond donors (Lipinski definition) is 1. The zero-order chi connectivity index (χ0) is 21.0. The van der Waals surface area contributed by atoms with Crippen molar-refractivity contribution in [3.63, 3.8) is 0 Å². The van der Waals surface area contributed by atoms with Gasteiger partial charge in [0.1, 0.15) is 11.8 Å². The predicted molar refractivity (Wildman–Crippen MR) is 106 cm³/mol. The van der Waals surface area contributed by atoms with Crippen LogP contribution in [0.2, 0.25) is 0 Å². The quantitative estimate of drug-likeness (QED) is 0.669. The van der Waals surface area contributed by atoms with Gasteiger partial charge in [0.15, 0.2) is 6.61 Å². The first-order valence-electron chi connectivity index (χ1n) is 8.92. The maximum absolute atomic E-state index is 12.3. The van der Waals surface area contributed by atoms with Crippen molar-refractivity contribution in [2.45, 2.75) is 20.4 Å². The number of nitriles is 1. The molecule has 0 aliphatic heterocycles. The van der Waals surface area contributed by atoms with Crippen LogP contribution in [-0.4, -0.2) is 28.0 Å². The molecule has 3 aromatic rings. The van der Waals surface area contributed by atoms with E-state index in [4.69, 9.17) is 10.00 Å². The third kappa shape index (κ3) is 4.14. The Morgan fingerprint density at radius 3 is 2.72 bits per heavy atom. The molecule has 8 nitrogen and oxygen atoms in total. The average Bonchev–Trinajstić information content (AvgIpc) is 2.73. The Balaban J connectivity index is 1.73. The molecule has 146 valence electrons. The summed E-state index contributed by atoms with van der Waals surface area (Å²) in [6.45, 7) is 3.44. The van der Waals surface area contributed by atoms with E-state index in [1.807, 2.05) is 13.0 Å². The number of para-hydroxylation sites is 1. The number of rotatable bonds is 5. The van der Waals surface area contributed by atoms with E-state index < -0.39 is 18.5 Å². The van der Waals surface area contributed by atoms with Gasteiger partial charge in [-0.25, -0.2) is 9.78 Å². The lowest BCUT2D eigenvalue weighted by Gasteiger charge is -2.10. The van der Waals surface area contributed by atoms with Gasteiger partial charge >= 0.3 is 5.97 Å². The molecule has 0 spiro atoms. The Labute approximate surface area is 166 Å². The number of esters is 1. The van der Waals surface area contributed by atoms with Gasteiger partial charge in [0.25, 0.3) is 11.5 Å². The molecule has 0 saturated heterocycles. The third-order valence-corrected chi connectivity index (χ3v) is 4.32. The number of fused-ring (bicyclic) bond motifs is 1. The molecule has 29 heavy (non-hydrogen) atoms. The van der Waals surface area contributed by atoms with Crippen LogP contribution in [0, 0.1) is 18.3 Å². The number of aryl methyl sites for hydroxylation is 2.